The van der Waals surface area contributed by atoms with Crippen molar-refractivity contribution >= 4 is 51.2 Å². The number of hydrogen-bond donors (Lipinski definition) is 1. The van der Waals surface area contributed by atoms with Gasteiger partial charge in [-0.05, 0) is 42.3 Å². The number of carbonyl (C=O) groups is 1. The van der Waals surface area contributed by atoms with Crippen molar-refractivity contribution in [2.24, 2.45) is 12.0 Å². The van der Waals surface area contributed by atoms with E-state index in [4.69, 9.17) is 16.6 Å². The average molecular weight is 479 g/mol. The van der Waals surface area contributed by atoms with Crippen molar-refractivity contribution in [3.63, 3.8) is 0 Å². The summed E-state index contributed by atoms with van der Waals surface area (Å²) in [6.45, 7) is 0.498. The zero-order chi connectivity index (χ0) is 23.9. The lowest BCUT2D eigenvalue weighted by atomic mass is 10.1. The molecule has 1 amide bonds. The quantitative estimate of drug-likeness (QED) is 0.301. The summed E-state index contributed by atoms with van der Waals surface area (Å²) >= 11 is 6.54. The molecule has 6 rings (SSSR count). The molecule has 0 fully saturated rings. The van der Waals surface area contributed by atoms with E-state index in [-0.39, 0.29) is 5.91 Å². The molecule has 0 spiro atoms. The number of aliphatic imine (C=N–C) groups is 1. The third-order valence-electron chi connectivity index (χ3n) is 6.56. The maximum atomic E-state index is 13.7. The molecule has 3 aromatic carbocycles. The molecule has 3 heterocycles. The Balaban J connectivity index is 1.39. The number of aryl methyl sites for hydroxylation is 1. The van der Waals surface area contributed by atoms with E-state index in [1.807, 2.05) is 74.0 Å². The van der Waals surface area contributed by atoms with Crippen LogP contribution in [0.2, 0.25) is 5.02 Å². The first kappa shape index (κ1) is 21.4. The van der Waals surface area contributed by atoms with E-state index >= 15 is 0 Å². The lowest BCUT2D eigenvalue weighted by Crippen LogP contribution is -2.34. The second-order valence-electron chi connectivity index (χ2n) is 8.72. The molecule has 172 valence electrons. The minimum absolute atomic E-state index is 0.118. The van der Waals surface area contributed by atoms with E-state index in [0.29, 0.717) is 29.5 Å². The molecule has 35 heavy (non-hydrogen) atoms. The molecule has 1 aliphatic heterocycles. The summed E-state index contributed by atoms with van der Waals surface area (Å²) < 4.78 is 2.06. The zero-order valence-electron chi connectivity index (χ0n) is 19.2. The Morgan fingerprint density at radius 2 is 1.71 bits per heavy atom. The molecular formula is C29H23ClN4O. The third-order valence-corrected chi connectivity index (χ3v) is 6.89. The number of nitrogens with one attached hydrogen (secondary N) is 1. The second kappa shape index (κ2) is 8.60. The highest BCUT2D eigenvalue weighted by Gasteiger charge is 2.32. The van der Waals surface area contributed by atoms with Gasteiger partial charge in [-0.15, -0.1) is 0 Å². The molecule has 0 saturated carbocycles. The third kappa shape index (κ3) is 3.74. The van der Waals surface area contributed by atoms with E-state index in [1.165, 1.54) is 10.9 Å². The van der Waals surface area contributed by atoms with Crippen LogP contribution in [0, 0.1) is 0 Å². The summed E-state index contributed by atoms with van der Waals surface area (Å²) in [5.74, 6) is 0.472. The minimum Gasteiger partial charge on any atom is -0.361 e. The van der Waals surface area contributed by atoms with Gasteiger partial charge in [0.1, 0.15) is 11.5 Å². The molecule has 5 nitrogen and oxygen atoms in total. The van der Waals surface area contributed by atoms with Crippen molar-refractivity contribution in [2.75, 3.05) is 6.54 Å². The summed E-state index contributed by atoms with van der Waals surface area (Å²) in [7, 11) is 2.01. The monoisotopic (exact) mass is 478 g/mol. The number of amides is 1. The van der Waals surface area contributed by atoms with Crippen molar-refractivity contribution in [1.29, 1.82) is 0 Å². The van der Waals surface area contributed by atoms with Crippen LogP contribution in [-0.2, 0) is 18.3 Å². The van der Waals surface area contributed by atoms with Gasteiger partial charge in [-0.1, -0.05) is 60.1 Å². The topological polar surface area (TPSA) is 53.4 Å². The molecule has 0 atom stereocenters. The fourth-order valence-electron chi connectivity index (χ4n) is 4.81. The molecule has 1 N–H and O–H groups in total. The Bertz CT molecular complexity index is 1660. The van der Waals surface area contributed by atoms with E-state index in [2.05, 4.69) is 33.8 Å². The smallest absolute Gasteiger partial charge is 0.278 e. The summed E-state index contributed by atoms with van der Waals surface area (Å²) in [4.78, 5) is 23.5. The first-order valence-corrected chi connectivity index (χ1v) is 11.9. The number of carbonyl (C=O) groups excluding carboxylic acids is 1. The summed E-state index contributed by atoms with van der Waals surface area (Å²) in [5.41, 5.74) is 5.49. The van der Waals surface area contributed by atoms with Crippen LogP contribution in [0.4, 0.5) is 0 Å². The van der Waals surface area contributed by atoms with E-state index in [1.54, 1.807) is 4.90 Å². The van der Waals surface area contributed by atoms with Crippen LogP contribution >= 0.6 is 11.6 Å². The van der Waals surface area contributed by atoms with E-state index in [0.717, 1.165) is 27.5 Å². The predicted molar refractivity (Wildman–Crippen MR) is 143 cm³/mol. The predicted octanol–water partition coefficient (Wildman–Crippen LogP) is 6.19. The molecule has 1 aliphatic rings. The molecule has 0 aliphatic carbocycles. The fraction of sp³-hybridized carbons (Fsp3) is 0.103. The number of aromatic amines is 1. The summed E-state index contributed by atoms with van der Waals surface area (Å²) in [5, 5.41) is 2.83. The van der Waals surface area contributed by atoms with Crippen LogP contribution in [0.3, 0.4) is 0 Å². The molecule has 6 heteroatoms. The number of fused-ring (bicyclic) bond motifs is 2. The number of halogens is 1. The molecule has 5 aromatic rings. The lowest BCUT2D eigenvalue weighted by molar-refractivity contribution is -0.122. The standard InChI is InChI=1S/C29H23ClN4O/c1-33-18-20(22-9-4-7-13-27(22)33)16-26-29(35)34(28(32-26)23-10-2-5-11-24(23)30)15-14-19-17-31-25-12-6-3-8-21(19)25/h2-13,16-18,31H,14-15H2,1H3. The highest BCUT2D eigenvalue weighted by Crippen LogP contribution is 2.29. The van der Waals surface area contributed by atoms with Crippen molar-refractivity contribution in [2.45, 2.75) is 6.42 Å². The van der Waals surface area contributed by atoms with Gasteiger partial charge >= 0.3 is 0 Å². The summed E-state index contributed by atoms with van der Waals surface area (Å²) in [6.07, 6.45) is 6.63. The largest absolute Gasteiger partial charge is 0.361 e. The SMILES string of the molecule is Cn1cc(C=C2N=C(c3ccccc3Cl)N(CCc3c[nH]c4ccccc34)C2=O)c2ccccc21. The highest BCUT2D eigenvalue weighted by atomic mass is 35.5. The molecular weight excluding hydrogens is 456 g/mol. The van der Waals surface area contributed by atoms with Gasteiger partial charge in [-0.25, -0.2) is 4.99 Å². The second-order valence-corrected chi connectivity index (χ2v) is 9.13. The Morgan fingerprint density at radius 3 is 2.57 bits per heavy atom. The number of H-pyrrole nitrogens is 1. The van der Waals surface area contributed by atoms with Crippen molar-refractivity contribution in [1.82, 2.24) is 14.5 Å². The number of benzene rings is 3. The first-order valence-electron chi connectivity index (χ1n) is 11.6. The Hall–Kier alpha value is -4.09. The van der Waals surface area contributed by atoms with Gasteiger partial charge in [-0.3, -0.25) is 9.69 Å². The number of rotatable bonds is 5. The number of para-hydroxylation sites is 2. The van der Waals surface area contributed by atoms with Crippen molar-refractivity contribution < 1.29 is 4.79 Å². The fourth-order valence-corrected chi connectivity index (χ4v) is 5.03. The van der Waals surface area contributed by atoms with E-state index < -0.39 is 0 Å². The van der Waals surface area contributed by atoms with E-state index in [9.17, 15) is 4.79 Å². The van der Waals surface area contributed by atoms with Gasteiger partial charge in [0.2, 0.25) is 0 Å². The van der Waals surface area contributed by atoms with Crippen molar-refractivity contribution in [3.05, 3.63) is 113 Å². The number of amidine groups is 1. The number of hydrogen-bond acceptors (Lipinski definition) is 2. The Kier molecular flexibility index (Phi) is 5.27. The van der Waals surface area contributed by atoms with Gasteiger partial charge in [-0.2, -0.15) is 0 Å². The van der Waals surface area contributed by atoms with Gasteiger partial charge in [0, 0.05) is 58.9 Å². The highest BCUT2D eigenvalue weighted by molar-refractivity contribution is 6.35. The van der Waals surface area contributed by atoms with Crippen LogP contribution in [0.1, 0.15) is 16.7 Å². The maximum absolute atomic E-state index is 13.7. The molecule has 0 bridgehead atoms. The maximum Gasteiger partial charge on any atom is 0.278 e. The minimum atomic E-state index is -0.118. The number of aromatic nitrogens is 2. The normalized spacial score (nSPS) is 15.0. The van der Waals surface area contributed by atoms with Crippen LogP contribution < -0.4 is 0 Å². The molecule has 0 saturated heterocycles. The first-order chi connectivity index (χ1) is 17.1. The number of nitrogens with zero attached hydrogens (tertiary/aromatic N) is 3. The van der Waals surface area contributed by atoms with Crippen LogP contribution in [0.5, 0.6) is 0 Å². The zero-order valence-corrected chi connectivity index (χ0v) is 20.0. The van der Waals surface area contributed by atoms with Crippen LogP contribution in [0.15, 0.2) is 95.9 Å². The van der Waals surface area contributed by atoms with Crippen molar-refractivity contribution in [3.8, 4) is 0 Å². The molecule has 0 radical (unpaired) electrons. The van der Waals surface area contributed by atoms with Gasteiger partial charge < -0.3 is 9.55 Å². The van der Waals surface area contributed by atoms with Gasteiger partial charge in [0.15, 0.2) is 0 Å². The lowest BCUT2D eigenvalue weighted by Gasteiger charge is -2.19. The van der Waals surface area contributed by atoms with Crippen LogP contribution in [-0.4, -0.2) is 32.7 Å². The molecule has 0 unspecified atom stereocenters. The Morgan fingerprint density at radius 1 is 0.971 bits per heavy atom. The van der Waals surface area contributed by atoms with Crippen LogP contribution in [0.25, 0.3) is 27.9 Å². The average Bonchev–Trinajstić information content (AvgIpc) is 3.53. The Labute approximate surface area is 208 Å². The summed E-state index contributed by atoms with van der Waals surface area (Å²) in [6, 6.07) is 23.9. The molecule has 2 aromatic heterocycles. The van der Waals surface area contributed by atoms with Gasteiger partial charge in [0.05, 0.1) is 5.02 Å². The van der Waals surface area contributed by atoms with Gasteiger partial charge in [0.25, 0.3) is 5.91 Å².